The molecule has 0 unspecified atom stereocenters. The Morgan fingerprint density at radius 2 is 1.88 bits per heavy atom. The van der Waals surface area contributed by atoms with E-state index in [0.29, 0.717) is 0 Å². The van der Waals surface area contributed by atoms with Gasteiger partial charge in [-0.3, -0.25) is 0 Å². The van der Waals surface area contributed by atoms with Crippen LogP contribution < -0.4 is 10.2 Å². The fraction of sp³-hybridized carbons (Fsp3) is 0.571. The number of rotatable bonds is 5. The summed E-state index contributed by atoms with van der Waals surface area (Å²) in [5.74, 6) is 0. The first-order valence-corrected chi connectivity index (χ1v) is 6.55. The van der Waals surface area contributed by atoms with Crippen molar-refractivity contribution in [3.8, 4) is 0 Å². The van der Waals surface area contributed by atoms with E-state index in [4.69, 9.17) is 0 Å². The predicted molar refractivity (Wildman–Crippen MR) is 73.6 cm³/mol. The van der Waals surface area contributed by atoms with E-state index >= 15 is 0 Å². The minimum Gasteiger partial charge on any atom is -0.375 e. The van der Waals surface area contributed by atoms with E-state index in [9.17, 15) is 0 Å². The highest BCUT2D eigenvalue weighted by Crippen LogP contribution is 2.11. The molecule has 1 heterocycles. The van der Waals surface area contributed by atoms with Crippen molar-refractivity contribution in [2.24, 2.45) is 0 Å². The Hall–Kier alpha value is -1.06. The Balaban J connectivity index is 1.67. The van der Waals surface area contributed by atoms with Crippen LogP contribution in [0.1, 0.15) is 6.42 Å². The summed E-state index contributed by atoms with van der Waals surface area (Å²) in [6, 6.07) is 10.6. The molecule has 0 atom stereocenters. The number of nitrogens with one attached hydrogen (secondary N) is 1. The van der Waals surface area contributed by atoms with Crippen molar-refractivity contribution in [1.29, 1.82) is 0 Å². The van der Waals surface area contributed by atoms with Crippen LogP contribution in [0.3, 0.4) is 0 Å². The zero-order chi connectivity index (χ0) is 11.9. The Bertz CT molecular complexity index is 307. The zero-order valence-electron chi connectivity index (χ0n) is 10.7. The van der Waals surface area contributed by atoms with Gasteiger partial charge in [-0.15, -0.1) is 0 Å². The van der Waals surface area contributed by atoms with Crippen molar-refractivity contribution < 1.29 is 0 Å². The van der Waals surface area contributed by atoms with Crippen molar-refractivity contribution in [2.45, 2.75) is 6.42 Å². The van der Waals surface area contributed by atoms with Gasteiger partial charge in [-0.1, -0.05) is 18.2 Å². The first-order chi connectivity index (χ1) is 8.36. The van der Waals surface area contributed by atoms with Gasteiger partial charge in [-0.2, -0.15) is 0 Å². The lowest BCUT2D eigenvalue weighted by molar-refractivity contribution is 0.239. The summed E-state index contributed by atoms with van der Waals surface area (Å²) < 4.78 is 0. The number of nitrogens with zero attached hydrogens (tertiary/aromatic N) is 2. The maximum Gasteiger partial charge on any atom is 0.0363 e. The van der Waals surface area contributed by atoms with Crippen molar-refractivity contribution in [3.63, 3.8) is 0 Å². The molecule has 1 aliphatic rings. The third kappa shape index (κ3) is 4.02. The molecular weight excluding hydrogens is 210 g/mol. The van der Waals surface area contributed by atoms with Gasteiger partial charge in [0.1, 0.15) is 0 Å². The van der Waals surface area contributed by atoms with Gasteiger partial charge in [-0.05, 0) is 25.1 Å². The number of benzene rings is 1. The molecule has 0 aromatic heterocycles. The Labute approximate surface area is 104 Å². The van der Waals surface area contributed by atoms with Crippen LogP contribution in [0.5, 0.6) is 0 Å². The Kier molecular flexibility index (Phi) is 4.83. The summed E-state index contributed by atoms with van der Waals surface area (Å²) in [7, 11) is 2.17. The van der Waals surface area contributed by atoms with Gasteiger partial charge in [0.2, 0.25) is 0 Å². The fourth-order valence-corrected chi connectivity index (χ4v) is 2.28. The molecule has 1 N–H and O–H groups in total. The van der Waals surface area contributed by atoms with Crippen molar-refractivity contribution >= 4 is 5.69 Å². The van der Waals surface area contributed by atoms with Crippen LogP contribution in [0.2, 0.25) is 0 Å². The van der Waals surface area contributed by atoms with E-state index in [1.807, 2.05) is 0 Å². The normalized spacial score (nSPS) is 17.0. The molecule has 0 bridgehead atoms. The van der Waals surface area contributed by atoms with Crippen LogP contribution in [0.25, 0.3) is 0 Å². The van der Waals surface area contributed by atoms with E-state index in [1.165, 1.54) is 31.7 Å². The monoisotopic (exact) mass is 233 g/mol. The molecule has 0 amide bonds. The van der Waals surface area contributed by atoms with Crippen LogP contribution in [0.4, 0.5) is 5.69 Å². The van der Waals surface area contributed by atoms with E-state index in [2.05, 4.69) is 52.5 Å². The summed E-state index contributed by atoms with van der Waals surface area (Å²) in [6.07, 6.45) is 1.24. The number of piperazine rings is 1. The molecule has 1 aliphatic heterocycles. The molecule has 0 radical (unpaired) electrons. The van der Waals surface area contributed by atoms with Gasteiger partial charge in [-0.25, -0.2) is 0 Å². The highest BCUT2D eigenvalue weighted by atomic mass is 15.2. The van der Waals surface area contributed by atoms with Gasteiger partial charge in [0.05, 0.1) is 0 Å². The topological polar surface area (TPSA) is 18.5 Å². The number of hydrogen-bond acceptors (Lipinski definition) is 3. The number of para-hydroxylation sites is 1. The highest BCUT2D eigenvalue weighted by molar-refractivity contribution is 5.44. The van der Waals surface area contributed by atoms with Crippen LogP contribution in [0.15, 0.2) is 30.3 Å². The molecular formula is C14H23N3. The minimum absolute atomic E-state index is 1.13. The summed E-state index contributed by atoms with van der Waals surface area (Å²) >= 11 is 0. The maximum absolute atomic E-state index is 3.39. The molecule has 17 heavy (non-hydrogen) atoms. The van der Waals surface area contributed by atoms with Crippen molar-refractivity contribution in [3.05, 3.63) is 30.3 Å². The molecule has 0 spiro atoms. The second-order valence-corrected chi connectivity index (χ2v) is 4.70. The van der Waals surface area contributed by atoms with Gasteiger partial charge < -0.3 is 15.1 Å². The smallest absolute Gasteiger partial charge is 0.0363 e. The Morgan fingerprint density at radius 1 is 1.18 bits per heavy atom. The molecule has 0 aliphatic carbocycles. The predicted octanol–water partition coefficient (Wildman–Crippen LogP) is 1.42. The first kappa shape index (κ1) is 12.4. The van der Waals surface area contributed by atoms with Gasteiger partial charge >= 0.3 is 0 Å². The summed E-state index contributed by atoms with van der Waals surface area (Å²) in [5, 5.41) is 3.39. The van der Waals surface area contributed by atoms with E-state index < -0.39 is 0 Å². The quantitative estimate of drug-likeness (QED) is 0.830. The van der Waals surface area contributed by atoms with E-state index in [0.717, 1.165) is 19.6 Å². The lowest BCUT2D eigenvalue weighted by atomic mass is 10.2. The standard InChI is InChI=1S/C14H23N3/c1-16(14-6-3-2-4-7-14)10-5-11-17-12-8-15-9-13-17/h2-4,6-7,15H,5,8-13H2,1H3. The van der Waals surface area contributed by atoms with E-state index in [1.54, 1.807) is 0 Å². The van der Waals surface area contributed by atoms with Crippen LogP contribution in [0, 0.1) is 0 Å². The van der Waals surface area contributed by atoms with Crippen molar-refractivity contribution in [2.75, 3.05) is 51.2 Å². The average molecular weight is 233 g/mol. The van der Waals surface area contributed by atoms with Crippen molar-refractivity contribution in [1.82, 2.24) is 10.2 Å². The number of anilines is 1. The molecule has 2 rings (SSSR count). The second kappa shape index (κ2) is 6.62. The van der Waals surface area contributed by atoms with Gasteiger partial charge in [0.25, 0.3) is 0 Å². The minimum atomic E-state index is 1.13. The zero-order valence-corrected chi connectivity index (χ0v) is 10.7. The molecule has 0 saturated carbocycles. The fourth-order valence-electron chi connectivity index (χ4n) is 2.28. The van der Waals surface area contributed by atoms with Crippen LogP contribution in [-0.2, 0) is 0 Å². The SMILES string of the molecule is CN(CCCN1CCNCC1)c1ccccc1. The molecule has 1 saturated heterocycles. The second-order valence-electron chi connectivity index (χ2n) is 4.70. The third-order valence-corrected chi connectivity index (χ3v) is 3.37. The number of hydrogen-bond donors (Lipinski definition) is 1. The maximum atomic E-state index is 3.39. The Morgan fingerprint density at radius 3 is 2.59 bits per heavy atom. The lowest BCUT2D eigenvalue weighted by Crippen LogP contribution is -2.44. The molecule has 3 heteroatoms. The molecule has 1 fully saturated rings. The summed E-state index contributed by atoms with van der Waals surface area (Å²) in [6.45, 7) is 7.06. The molecule has 1 aromatic rings. The van der Waals surface area contributed by atoms with Gasteiger partial charge in [0, 0.05) is 45.5 Å². The van der Waals surface area contributed by atoms with Gasteiger partial charge in [0.15, 0.2) is 0 Å². The largest absolute Gasteiger partial charge is 0.375 e. The molecule has 3 nitrogen and oxygen atoms in total. The average Bonchev–Trinajstić information content (AvgIpc) is 2.41. The molecule has 94 valence electrons. The lowest BCUT2D eigenvalue weighted by Gasteiger charge is -2.28. The third-order valence-electron chi connectivity index (χ3n) is 3.37. The highest BCUT2D eigenvalue weighted by Gasteiger charge is 2.08. The summed E-state index contributed by atoms with van der Waals surface area (Å²) in [4.78, 5) is 4.89. The summed E-state index contributed by atoms with van der Waals surface area (Å²) in [5.41, 5.74) is 1.31. The van der Waals surface area contributed by atoms with Crippen LogP contribution in [-0.4, -0.2) is 51.2 Å². The van der Waals surface area contributed by atoms with E-state index in [-0.39, 0.29) is 0 Å². The first-order valence-electron chi connectivity index (χ1n) is 6.55. The molecule has 1 aromatic carbocycles. The van der Waals surface area contributed by atoms with Crippen LogP contribution >= 0.6 is 0 Å².